The maximum atomic E-state index is 11.8. The van der Waals surface area contributed by atoms with Crippen molar-refractivity contribution in [1.29, 1.82) is 0 Å². The number of hydrogen-bond acceptors (Lipinski definition) is 3. The standard InChI is InChI=1S/C15H22N2O4/c1-17(2,3)10-13(9-14(18)19)16-15(20)21-11-12-7-5-4-6-8-12/h4-8,13H,9-11H2,1-3H3,(H-,16,18,19,20)/p+1. The molecule has 2 N–H and O–H groups in total. The van der Waals surface area contributed by atoms with Gasteiger partial charge in [-0.05, 0) is 5.56 Å². The normalized spacial score (nSPS) is 12.5. The molecule has 0 aliphatic heterocycles. The summed E-state index contributed by atoms with van der Waals surface area (Å²) in [6, 6.07) is 8.85. The lowest BCUT2D eigenvalue weighted by molar-refractivity contribution is -0.871. The second-order valence-electron chi connectivity index (χ2n) is 5.97. The number of carbonyl (C=O) groups is 2. The van der Waals surface area contributed by atoms with Gasteiger partial charge in [-0.25, -0.2) is 4.79 Å². The Morgan fingerprint density at radius 2 is 1.86 bits per heavy atom. The van der Waals surface area contributed by atoms with E-state index in [0.29, 0.717) is 11.0 Å². The molecule has 0 aliphatic carbocycles. The highest BCUT2D eigenvalue weighted by Gasteiger charge is 2.23. The lowest BCUT2D eigenvalue weighted by Gasteiger charge is -2.28. The third-order valence-electron chi connectivity index (χ3n) is 2.72. The van der Waals surface area contributed by atoms with Crippen LogP contribution in [0.3, 0.4) is 0 Å². The van der Waals surface area contributed by atoms with Gasteiger partial charge in [0.1, 0.15) is 6.61 Å². The maximum Gasteiger partial charge on any atom is 0.407 e. The van der Waals surface area contributed by atoms with E-state index in [2.05, 4.69) is 5.32 Å². The molecular formula is C15H23N2O4+. The third-order valence-corrected chi connectivity index (χ3v) is 2.72. The molecule has 6 heteroatoms. The first-order chi connectivity index (χ1) is 9.76. The van der Waals surface area contributed by atoms with Crippen molar-refractivity contribution in [3.8, 4) is 0 Å². The summed E-state index contributed by atoms with van der Waals surface area (Å²) in [5.41, 5.74) is 0.883. The van der Waals surface area contributed by atoms with E-state index in [4.69, 9.17) is 9.84 Å². The molecule has 0 heterocycles. The highest BCUT2D eigenvalue weighted by atomic mass is 16.5. The van der Waals surface area contributed by atoms with Crippen molar-refractivity contribution in [3.05, 3.63) is 35.9 Å². The zero-order valence-corrected chi connectivity index (χ0v) is 12.7. The van der Waals surface area contributed by atoms with Crippen LogP contribution in [0.5, 0.6) is 0 Å². The number of nitrogens with one attached hydrogen (secondary N) is 1. The summed E-state index contributed by atoms with van der Waals surface area (Å²) in [5, 5.41) is 11.5. The minimum atomic E-state index is -0.947. The van der Waals surface area contributed by atoms with Crippen molar-refractivity contribution in [2.45, 2.75) is 19.1 Å². The smallest absolute Gasteiger partial charge is 0.407 e. The fraction of sp³-hybridized carbons (Fsp3) is 0.467. The van der Waals surface area contributed by atoms with E-state index in [1.54, 1.807) is 0 Å². The van der Waals surface area contributed by atoms with Crippen LogP contribution in [-0.4, -0.2) is 55.4 Å². The number of carboxylic acid groups (broad SMARTS) is 1. The maximum absolute atomic E-state index is 11.8. The number of likely N-dealkylation sites (N-methyl/N-ethyl adjacent to an activating group) is 1. The molecule has 0 saturated carbocycles. The molecule has 1 atom stereocenters. The summed E-state index contributed by atoms with van der Waals surface area (Å²) in [6.07, 6.45) is -0.728. The van der Waals surface area contributed by atoms with E-state index in [1.165, 1.54) is 0 Å². The zero-order chi connectivity index (χ0) is 15.9. The number of rotatable bonds is 7. The van der Waals surface area contributed by atoms with Crippen molar-refractivity contribution in [2.24, 2.45) is 0 Å². The molecule has 1 aromatic rings. The van der Waals surface area contributed by atoms with Crippen molar-refractivity contribution in [1.82, 2.24) is 5.32 Å². The van der Waals surface area contributed by atoms with Crippen molar-refractivity contribution in [2.75, 3.05) is 27.7 Å². The molecule has 0 fully saturated rings. The van der Waals surface area contributed by atoms with Gasteiger partial charge in [0, 0.05) is 0 Å². The summed E-state index contributed by atoms with van der Waals surface area (Å²) in [5.74, 6) is -0.947. The lowest BCUT2D eigenvalue weighted by Crippen LogP contribution is -2.49. The molecule has 1 aromatic carbocycles. The van der Waals surface area contributed by atoms with Gasteiger partial charge >= 0.3 is 12.1 Å². The number of alkyl carbamates (subject to hydrolysis) is 1. The summed E-state index contributed by atoms with van der Waals surface area (Å²) in [4.78, 5) is 22.6. The SMILES string of the molecule is C[N+](C)(C)CC(CC(=O)O)NC(=O)OCc1ccccc1. The van der Waals surface area contributed by atoms with Crippen molar-refractivity contribution >= 4 is 12.1 Å². The number of ether oxygens (including phenoxy) is 1. The van der Waals surface area contributed by atoms with Crippen molar-refractivity contribution < 1.29 is 23.9 Å². The summed E-state index contributed by atoms with van der Waals surface area (Å²) >= 11 is 0. The fourth-order valence-electron chi connectivity index (χ4n) is 1.96. The summed E-state index contributed by atoms with van der Waals surface area (Å²) in [7, 11) is 5.81. The van der Waals surface area contributed by atoms with Gasteiger partial charge < -0.3 is 19.6 Å². The number of quaternary nitrogens is 1. The number of hydrogen-bond donors (Lipinski definition) is 2. The molecule has 1 amide bonds. The largest absolute Gasteiger partial charge is 0.481 e. The fourth-order valence-corrected chi connectivity index (χ4v) is 1.96. The van der Waals surface area contributed by atoms with Crippen molar-refractivity contribution in [3.63, 3.8) is 0 Å². The first-order valence-electron chi connectivity index (χ1n) is 6.76. The zero-order valence-electron chi connectivity index (χ0n) is 12.7. The molecule has 6 nitrogen and oxygen atoms in total. The van der Waals surface area contributed by atoms with Crippen LogP contribution in [0, 0.1) is 0 Å². The van der Waals surface area contributed by atoms with E-state index < -0.39 is 18.1 Å². The Labute approximate surface area is 124 Å². The van der Waals surface area contributed by atoms with Crippen LogP contribution in [0.15, 0.2) is 30.3 Å². The van der Waals surface area contributed by atoms with Gasteiger partial charge in [-0.1, -0.05) is 30.3 Å². The van der Waals surface area contributed by atoms with Gasteiger partial charge in [0.15, 0.2) is 0 Å². The number of carbonyl (C=O) groups excluding carboxylic acids is 1. The molecule has 0 aromatic heterocycles. The van der Waals surface area contributed by atoms with Crippen LogP contribution in [-0.2, 0) is 16.1 Å². The van der Waals surface area contributed by atoms with Gasteiger partial charge in [-0.3, -0.25) is 4.79 Å². The molecule has 21 heavy (non-hydrogen) atoms. The average molecular weight is 295 g/mol. The van der Waals surface area contributed by atoms with Gasteiger partial charge in [0.25, 0.3) is 0 Å². The molecule has 0 bridgehead atoms. The average Bonchev–Trinajstić information content (AvgIpc) is 2.34. The Morgan fingerprint density at radius 3 is 2.38 bits per heavy atom. The molecule has 116 valence electrons. The van der Waals surface area contributed by atoms with E-state index in [1.807, 2.05) is 51.5 Å². The van der Waals surface area contributed by atoms with E-state index >= 15 is 0 Å². The van der Waals surface area contributed by atoms with Gasteiger partial charge in [-0.2, -0.15) is 0 Å². The van der Waals surface area contributed by atoms with Crippen LogP contribution < -0.4 is 5.32 Å². The Morgan fingerprint density at radius 1 is 1.24 bits per heavy atom. The lowest BCUT2D eigenvalue weighted by atomic mass is 10.2. The topological polar surface area (TPSA) is 75.6 Å². The van der Waals surface area contributed by atoms with E-state index in [9.17, 15) is 9.59 Å². The molecular weight excluding hydrogens is 272 g/mol. The number of carboxylic acids is 1. The van der Waals surface area contributed by atoms with Crippen LogP contribution in [0.4, 0.5) is 4.79 Å². The van der Waals surface area contributed by atoms with Gasteiger partial charge in [0.05, 0.1) is 40.2 Å². The molecule has 0 saturated heterocycles. The first kappa shape index (κ1) is 17.0. The Kier molecular flexibility index (Phi) is 6.17. The van der Waals surface area contributed by atoms with Gasteiger partial charge in [0.2, 0.25) is 0 Å². The minimum absolute atomic E-state index is 0.129. The molecule has 1 rings (SSSR count). The van der Waals surface area contributed by atoms with E-state index in [-0.39, 0.29) is 13.0 Å². The third kappa shape index (κ3) is 7.94. The highest BCUT2D eigenvalue weighted by molar-refractivity contribution is 5.71. The van der Waals surface area contributed by atoms with Crippen LogP contribution in [0.2, 0.25) is 0 Å². The Hall–Kier alpha value is -2.08. The quantitative estimate of drug-likeness (QED) is 0.747. The first-order valence-corrected chi connectivity index (χ1v) is 6.76. The molecule has 1 unspecified atom stereocenters. The minimum Gasteiger partial charge on any atom is -0.481 e. The monoisotopic (exact) mass is 295 g/mol. The molecule has 0 aliphatic rings. The summed E-state index contributed by atoms with van der Waals surface area (Å²) < 4.78 is 5.66. The van der Waals surface area contributed by atoms with Crippen LogP contribution in [0.25, 0.3) is 0 Å². The predicted octanol–water partition coefficient (Wildman–Crippen LogP) is 1.46. The second kappa shape index (κ2) is 7.64. The highest BCUT2D eigenvalue weighted by Crippen LogP contribution is 2.03. The van der Waals surface area contributed by atoms with Crippen LogP contribution >= 0.6 is 0 Å². The Bertz CT molecular complexity index is 468. The summed E-state index contributed by atoms with van der Waals surface area (Å²) in [6.45, 7) is 0.670. The predicted molar refractivity (Wildman–Crippen MR) is 78.7 cm³/mol. The number of aliphatic carboxylic acids is 1. The molecule has 0 spiro atoms. The Balaban J connectivity index is 2.49. The second-order valence-corrected chi connectivity index (χ2v) is 5.97. The van der Waals surface area contributed by atoms with Gasteiger partial charge in [-0.15, -0.1) is 0 Å². The number of amides is 1. The number of benzene rings is 1. The molecule has 0 radical (unpaired) electrons. The van der Waals surface area contributed by atoms with Crippen LogP contribution in [0.1, 0.15) is 12.0 Å². The number of nitrogens with zero attached hydrogens (tertiary/aromatic N) is 1. The van der Waals surface area contributed by atoms with E-state index in [0.717, 1.165) is 5.56 Å².